The number of ether oxygens (including phenoxy) is 1. The van der Waals surface area contributed by atoms with E-state index in [4.69, 9.17) is 0 Å². The van der Waals surface area contributed by atoms with Crippen molar-refractivity contribution < 1.29 is 14.6 Å². The zero-order valence-corrected chi connectivity index (χ0v) is 7.46. The maximum atomic E-state index is 11.0. The average Bonchev–Trinajstić information content (AvgIpc) is 2.04. The lowest BCUT2D eigenvalue weighted by Gasteiger charge is -2.03. The van der Waals surface area contributed by atoms with Crippen molar-refractivity contribution >= 4 is 5.97 Å². The Bertz CT molecular complexity index is 204. The van der Waals surface area contributed by atoms with Crippen LogP contribution in [-0.4, -0.2) is 17.7 Å². The van der Waals surface area contributed by atoms with E-state index in [0.29, 0.717) is 13.0 Å². The van der Waals surface area contributed by atoms with Crippen molar-refractivity contribution in [2.45, 2.75) is 20.3 Å². The molecule has 0 fully saturated rings. The van der Waals surface area contributed by atoms with Crippen LogP contribution in [0.1, 0.15) is 20.3 Å². The van der Waals surface area contributed by atoms with E-state index in [1.54, 1.807) is 6.92 Å². The van der Waals surface area contributed by atoms with E-state index >= 15 is 0 Å². The highest BCUT2D eigenvalue weighted by atomic mass is 16.5. The van der Waals surface area contributed by atoms with Crippen molar-refractivity contribution in [3.63, 3.8) is 0 Å². The first-order valence-corrected chi connectivity index (χ1v) is 3.80. The van der Waals surface area contributed by atoms with Crippen LogP contribution in [0.2, 0.25) is 0 Å². The fourth-order valence-corrected chi connectivity index (χ4v) is 0.647. The molecule has 0 spiro atoms. The van der Waals surface area contributed by atoms with Crippen LogP contribution in [0.4, 0.5) is 0 Å². The first kappa shape index (κ1) is 10.8. The summed E-state index contributed by atoms with van der Waals surface area (Å²) < 4.78 is 4.68. The minimum Gasteiger partial charge on any atom is -0.511 e. The standard InChI is InChI=1S/C9H14O3/c1-4-6-8(10)7(3)9(11)12-5-2/h4,10H,1,5-6H2,2-3H3. The van der Waals surface area contributed by atoms with Crippen LogP contribution in [0, 0.1) is 0 Å². The molecule has 0 rings (SSSR count). The molecule has 1 N–H and O–H groups in total. The molecule has 0 unspecified atom stereocenters. The van der Waals surface area contributed by atoms with Gasteiger partial charge < -0.3 is 9.84 Å². The summed E-state index contributed by atoms with van der Waals surface area (Å²) in [4.78, 5) is 11.0. The van der Waals surface area contributed by atoms with Gasteiger partial charge in [-0.15, -0.1) is 6.58 Å². The molecule has 3 nitrogen and oxygen atoms in total. The van der Waals surface area contributed by atoms with Crippen molar-refractivity contribution in [3.05, 3.63) is 24.0 Å². The van der Waals surface area contributed by atoms with Gasteiger partial charge in [0.25, 0.3) is 0 Å². The summed E-state index contributed by atoms with van der Waals surface area (Å²) in [6.45, 7) is 7.00. The fourth-order valence-electron chi connectivity index (χ4n) is 0.647. The number of aliphatic hydroxyl groups is 1. The number of esters is 1. The van der Waals surface area contributed by atoms with E-state index in [-0.39, 0.29) is 11.3 Å². The van der Waals surface area contributed by atoms with Gasteiger partial charge in [0.2, 0.25) is 0 Å². The molecular formula is C9H14O3. The Balaban J connectivity index is 4.31. The smallest absolute Gasteiger partial charge is 0.337 e. The van der Waals surface area contributed by atoms with Gasteiger partial charge in [-0.25, -0.2) is 4.79 Å². The second-order valence-corrected chi connectivity index (χ2v) is 2.28. The van der Waals surface area contributed by atoms with E-state index in [2.05, 4.69) is 11.3 Å². The van der Waals surface area contributed by atoms with Crippen LogP contribution in [0.15, 0.2) is 24.0 Å². The Kier molecular flexibility index (Phi) is 4.84. The van der Waals surface area contributed by atoms with Gasteiger partial charge in [0.1, 0.15) is 5.76 Å². The third-order valence-electron chi connectivity index (χ3n) is 1.35. The number of carbonyl (C=O) groups is 1. The largest absolute Gasteiger partial charge is 0.511 e. The van der Waals surface area contributed by atoms with Crippen LogP contribution >= 0.6 is 0 Å². The highest BCUT2D eigenvalue weighted by Gasteiger charge is 2.09. The quantitative estimate of drug-likeness (QED) is 0.303. The molecule has 0 aliphatic heterocycles. The van der Waals surface area contributed by atoms with Crippen molar-refractivity contribution in [1.82, 2.24) is 0 Å². The zero-order valence-electron chi connectivity index (χ0n) is 7.46. The van der Waals surface area contributed by atoms with Crippen LogP contribution < -0.4 is 0 Å². The molecule has 0 heterocycles. The molecule has 0 aromatic rings. The topological polar surface area (TPSA) is 46.5 Å². The van der Waals surface area contributed by atoms with E-state index < -0.39 is 5.97 Å². The summed E-state index contributed by atoms with van der Waals surface area (Å²) in [7, 11) is 0. The van der Waals surface area contributed by atoms with E-state index in [0.717, 1.165) is 0 Å². The second kappa shape index (κ2) is 5.41. The van der Waals surface area contributed by atoms with Gasteiger partial charge in [0.15, 0.2) is 0 Å². The molecule has 0 bridgehead atoms. The molecule has 3 heteroatoms. The van der Waals surface area contributed by atoms with Crippen LogP contribution in [0.25, 0.3) is 0 Å². The Morgan fingerprint density at radius 1 is 1.67 bits per heavy atom. The van der Waals surface area contributed by atoms with E-state index in [1.165, 1.54) is 13.0 Å². The highest BCUT2D eigenvalue weighted by Crippen LogP contribution is 2.07. The summed E-state index contributed by atoms with van der Waals surface area (Å²) in [6.07, 6.45) is 1.82. The average molecular weight is 170 g/mol. The van der Waals surface area contributed by atoms with Gasteiger partial charge in [-0.05, 0) is 13.8 Å². The SMILES string of the molecule is C=CCC(O)=C(C)C(=O)OCC. The number of hydrogen-bond donors (Lipinski definition) is 1. The van der Waals surface area contributed by atoms with Gasteiger partial charge in [-0.2, -0.15) is 0 Å². The molecule has 0 saturated heterocycles. The lowest BCUT2D eigenvalue weighted by molar-refractivity contribution is -0.138. The van der Waals surface area contributed by atoms with Gasteiger partial charge in [0.05, 0.1) is 12.2 Å². The molecule has 0 radical (unpaired) electrons. The summed E-state index contributed by atoms with van der Waals surface area (Å²) in [5, 5.41) is 9.22. The molecule has 0 aromatic carbocycles. The number of hydrogen-bond acceptors (Lipinski definition) is 3. The minimum atomic E-state index is -0.475. The number of allylic oxidation sites excluding steroid dienone is 1. The maximum absolute atomic E-state index is 11.0. The lowest BCUT2D eigenvalue weighted by atomic mass is 10.2. The summed E-state index contributed by atoms with van der Waals surface area (Å²) >= 11 is 0. The third-order valence-corrected chi connectivity index (χ3v) is 1.35. The molecule has 0 atom stereocenters. The molecule has 0 saturated carbocycles. The van der Waals surface area contributed by atoms with Crippen molar-refractivity contribution in [2.24, 2.45) is 0 Å². The summed E-state index contributed by atoms with van der Waals surface area (Å²) in [6, 6.07) is 0. The number of carbonyl (C=O) groups excluding carboxylic acids is 1. The zero-order chi connectivity index (χ0) is 9.56. The van der Waals surface area contributed by atoms with Gasteiger partial charge >= 0.3 is 5.97 Å². The fraction of sp³-hybridized carbons (Fsp3) is 0.444. The predicted octanol–water partition coefficient (Wildman–Crippen LogP) is 1.96. The van der Waals surface area contributed by atoms with E-state index in [1.807, 2.05) is 0 Å². The monoisotopic (exact) mass is 170 g/mol. The van der Waals surface area contributed by atoms with Crippen molar-refractivity contribution in [1.29, 1.82) is 0 Å². The van der Waals surface area contributed by atoms with Gasteiger partial charge in [0, 0.05) is 6.42 Å². The van der Waals surface area contributed by atoms with Gasteiger partial charge in [-0.3, -0.25) is 0 Å². The first-order chi connectivity index (χ1) is 5.63. The van der Waals surface area contributed by atoms with E-state index in [9.17, 15) is 9.90 Å². The van der Waals surface area contributed by atoms with Crippen LogP contribution in [-0.2, 0) is 9.53 Å². The predicted molar refractivity (Wildman–Crippen MR) is 46.8 cm³/mol. The van der Waals surface area contributed by atoms with Gasteiger partial charge in [-0.1, -0.05) is 6.08 Å². The maximum Gasteiger partial charge on any atom is 0.337 e. The minimum absolute atomic E-state index is 0.0171. The number of rotatable bonds is 4. The third kappa shape index (κ3) is 3.23. The molecule has 0 aromatic heterocycles. The van der Waals surface area contributed by atoms with Crippen molar-refractivity contribution in [2.75, 3.05) is 6.61 Å². The molecule has 68 valence electrons. The summed E-state index contributed by atoms with van der Waals surface area (Å²) in [5.41, 5.74) is 0.247. The summed E-state index contributed by atoms with van der Waals surface area (Å²) in [5.74, 6) is -0.458. The number of aliphatic hydroxyl groups excluding tert-OH is 1. The van der Waals surface area contributed by atoms with Crippen LogP contribution in [0.5, 0.6) is 0 Å². The van der Waals surface area contributed by atoms with Crippen LogP contribution in [0.3, 0.4) is 0 Å². The Morgan fingerprint density at radius 3 is 2.67 bits per heavy atom. The molecular weight excluding hydrogens is 156 g/mol. The Hall–Kier alpha value is -1.25. The lowest BCUT2D eigenvalue weighted by Crippen LogP contribution is -2.07. The first-order valence-electron chi connectivity index (χ1n) is 3.80. The highest BCUT2D eigenvalue weighted by molar-refractivity contribution is 5.88. The Labute approximate surface area is 72.3 Å². The second-order valence-electron chi connectivity index (χ2n) is 2.28. The molecule has 12 heavy (non-hydrogen) atoms. The normalized spacial score (nSPS) is 11.8. The molecule has 0 aliphatic carbocycles. The Morgan fingerprint density at radius 2 is 2.25 bits per heavy atom. The van der Waals surface area contributed by atoms with Crippen molar-refractivity contribution in [3.8, 4) is 0 Å². The molecule has 0 aliphatic rings. The molecule has 0 amide bonds.